The number of carbonyl (C=O) groups is 1. The van der Waals surface area contributed by atoms with Gasteiger partial charge in [0.25, 0.3) is 5.91 Å². The fourth-order valence-corrected chi connectivity index (χ4v) is 3.76. The first kappa shape index (κ1) is 21.8. The van der Waals surface area contributed by atoms with Crippen LogP contribution in [0, 0.1) is 6.92 Å². The summed E-state index contributed by atoms with van der Waals surface area (Å²) in [5.41, 5.74) is 4.62. The van der Waals surface area contributed by atoms with Crippen molar-refractivity contribution in [3.05, 3.63) is 72.1 Å². The lowest BCUT2D eigenvalue weighted by Gasteiger charge is -2.36. The van der Waals surface area contributed by atoms with E-state index in [0.29, 0.717) is 17.9 Å². The minimum Gasteiger partial charge on any atom is -0.369 e. The van der Waals surface area contributed by atoms with Gasteiger partial charge in [-0.2, -0.15) is 0 Å². The average Bonchev–Trinajstić information content (AvgIpc) is 2.78. The number of benzene rings is 1. The normalized spacial score (nSPS) is 14.4. The first-order valence-corrected chi connectivity index (χ1v) is 10.7. The van der Waals surface area contributed by atoms with Gasteiger partial charge in [-0.15, -0.1) is 0 Å². The van der Waals surface area contributed by atoms with Gasteiger partial charge >= 0.3 is 0 Å². The Kier molecular flexibility index (Phi) is 7.80. The lowest BCUT2D eigenvalue weighted by Crippen LogP contribution is -2.46. The number of nitrogens with one attached hydrogen (secondary N) is 1. The molecule has 2 heterocycles. The zero-order chi connectivity index (χ0) is 21.3. The van der Waals surface area contributed by atoms with Gasteiger partial charge in [0.05, 0.1) is 5.69 Å². The smallest absolute Gasteiger partial charge is 0.269 e. The molecule has 0 radical (unpaired) electrons. The summed E-state index contributed by atoms with van der Waals surface area (Å²) in [5.74, 6) is -0.138. The Bertz CT molecular complexity index is 884. The second-order valence-electron chi connectivity index (χ2n) is 7.71. The van der Waals surface area contributed by atoms with Crippen LogP contribution in [0.5, 0.6) is 0 Å². The number of rotatable bonds is 9. The van der Waals surface area contributed by atoms with Gasteiger partial charge in [0, 0.05) is 38.4 Å². The Morgan fingerprint density at radius 1 is 1.10 bits per heavy atom. The van der Waals surface area contributed by atoms with Crippen LogP contribution in [0.2, 0.25) is 0 Å². The summed E-state index contributed by atoms with van der Waals surface area (Å²) >= 11 is 0. The van der Waals surface area contributed by atoms with E-state index < -0.39 is 0 Å². The highest BCUT2D eigenvalue weighted by molar-refractivity contribution is 5.92. The molecule has 1 fully saturated rings. The number of piperazine rings is 1. The van der Waals surface area contributed by atoms with Crippen molar-refractivity contribution in [3.63, 3.8) is 0 Å². The molecule has 0 aliphatic carbocycles. The van der Waals surface area contributed by atoms with Crippen LogP contribution in [-0.2, 0) is 0 Å². The summed E-state index contributed by atoms with van der Waals surface area (Å²) in [6, 6.07) is 12.3. The Morgan fingerprint density at radius 3 is 2.60 bits per heavy atom. The summed E-state index contributed by atoms with van der Waals surface area (Å²) in [4.78, 5) is 21.7. The largest absolute Gasteiger partial charge is 0.369 e. The second kappa shape index (κ2) is 10.7. The third kappa shape index (κ3) is 5.80. The number of hydrogen-bond donors (Lipinski definition) is 1. The summed E-state index contributed by atoms with van der Waals surface area (Å²) in [6.45, 7) is 15.7. The van der Waals surface area contributed by atoms with Crippen LogP contribution in [0.3, 0.4) is 0 Å². The van der Waals surface area contributed by atoms with Crippen molar-refractivity contribution in [1.82, 2.24) is 15.2 Å². The Labute approximate surface area is 180 Å². The molecule has 5 heteroatoms. The summed E-state index contributed by atoms with van der Waals surface area (Å²) in [5, 5.41) is 2.97. The maximum absolute atomic E-state index is 12.3. The van der Waals surface area contributed by atoms with Crippen LogP contribution in [0.15, 0.2) is 49.6 Å². The standard InChI is InChI=1S/C25H32N4O/c1-4-21-11-12-24(27-23(21)5-2)25(30)26-13-6-7-14-28-15-17-29(18-16-28)22-10-8-9-20(3)19-22/h4-5,8-12,19H,1-2,6-7,13-18H2,3H3,(H,26,30). The highest BCUT2D eigenvalue weighted by Gasteiger charge is 2.17. The molecule has 1 aliphatic rings. The van der Waals surface area contributed by atoms with E-state index in [1.165, 1.54) is 11.3 Å². The fourth-order valence-electron chi connectivity index (χ4n) is 3.76. The number of amides is 1. The lowest BCUT2D eigenvalue weighted by atomic mass is 10.1. The summed E-state index contributed by atoms with van der Waals surface area (Å²) in [7, 11) is 0. The fraction of sp³-hybridized carbons (Fsp3) is 0.360. The van der Waals surface area contributed by atoms with Crippen LogP contribution >= 0.6 is 0 Å². The highest BCUT2D eigenvalue weighted by Crippen LogP contribution is 2.18. The second-order valence-corrected chi connectivity index (χ2v) is 7.71. The molecule has 0 saturated carbocycles. The topological polar surface area (TPSA) is 48.5 Å². The minimum atomic E-state index is -0.138. The SMILES string of the molecule is C=Cc1ccc(C(=O)NCCCCN2CCN(c3cccc(C)c3)CC2)nc1C=C. The number of aryl methyl sites for hydroxylation is 1. The molecule has 158 valence electrons. The molecule has 1 aromatic heterocycles. The highest BCUT2D eigenvalue weighted by atomic mass is 16.1. The monoisotopic (exact) mass is 404 g/mol. The Balaban J connectivity index is 1.34. The van der Waals surface area contributed by atoms with Gasteiger partial charge in [-0.05, 0) is 61.7 Å². The maximum Gasteiger partial charge on any atom is 0.269 e. The van der Waals surface area contributed by atoms with E-state index in [2.05, 4.69) is 64.4 Å². The summed E-state index contributed by atoms with van der Waals surface area (Å²) < 4.78 is 0. The van der Waals surface area contributed by atoms with Crippen molar-refractivity contribution in [2.24, 2.45) is 0 Å². The number of carbonyl (C=O) groups excluding carboxylic acids is 1. The molecule has 5 nitrogen and oxygen atoms in total. The molecule has 1 amide bonds. The number of nitrogens with zero attached hydrogens (tertiary/aromatic N) is 3. The van der Waals surface area contributed by atoms with E-state index in [1.807, 2.05) is 6.07 Å². The number of pyridine rings is 1. The third-order valence-corrected chi connectivity index (χ3v) is 5.53. The quantitative estimate of drug-likeness (QED) is 0.642. The predicted molar refractivity (Wildman–Crippen MR) is 126 cm³/mol. The van der Waals surface area contributed by atoms with Crippen molar-refractivity contribution < 1.29 is 4.79 Å². The van der Waals surface area contributed by atoms with Gasteiger partial charge in [0.2, 0.25) is 0 Å². The van der Waals surface area contributed by atoms with Crippen LogP contribution < -0.4 is 10.2 Å². The first-order valence-electron chi connectivity index (χ1n) is 10.7. The van der Waals surface area contributed by atoms with Crippen LogP contribution in [0.25, 0.3) is 12.2 Å². The van der Waals surface area contributed by atoms with Crippen molar-refractivity contribution >= 4 is 23.7 Å². The zero-order valence-electron chi connectivity index (χ0n) is 17.9. The molecule has 2 aromatic rings. The number of aromatic nitrogens is 1. The first-order chi connectivity index (χ1) is 14.6. The maximum atomic E-state index is 12.3. The Hall–Kier alpha value is -2.92. The number of unbranched alkanes of at least 4 members (excludes halogenated alkanes) is 1. The molecule has 0 bridgehead atoms. The van der Waals surface area contributed by atoms with E-state index in [4.69, 9.17) is 0 Å². The molecule has 0 atom stereocenters. The van der Waals surface area contributed by atoms with E-state index in [-0.39, 0.29) is 5.91 Å². The van der Waals surface area contributed by atoms with Gasteiger partial charge in [0.15, 0.2) is 0 Å². The molecular formula is C25H32N4O. The van der Waals surface area contributed by atoms with Crippen molar-refractivity contribution in [2.75, 3.05) is 44.2 Å². The van der Waals surface area contributed by atoms with Gasteiger partial charge in [0.1, 0.15) is 5.69 Å². The Morgan fingerprint density at radius 2 is 1.90 bits per heavy atom. The third-order valence-electron chi connectivity index (χ3n) is 5.53. The van der Waals surface area contributed by atoms with Gasteiger partial charge in [-0.3, -0.25) is 9.69 Å². The van der Waals surface area contributed by atoms with Crippen LogP contribution in [0.4, 0.5) is 5.69 Å². The molecule has 1 aliphatic heterocycles. The molecule has 0 unspecified atom stereocenters. The average molecular weight is 405 g/mol. The molecule has 3 rings (SSSR count). The molecule has 1 N–H and O–H groups in total. The van der Waals surface area contributed by atoms with Gasteiger partial charge < -0.3 is 10.2 Å². The van der Waals surface area contributed by atoms with Crippen LogP contribution in [0.1, 0.15) is 40.2 Å². The van der Waals surface area contributed by atoms with Crippen molar-refractivity contribution in [3.8, 4) is 0 Å². The summed E-state index contributed by atoms with van der Waals surface area (Å²) in [6.07, 6.45) is 5.40. The number of anilines is 1. The zero-order valence-corrected chi connectivity index (χ0v) is 17.9. The molecule has 1 aromatic carbocycles. The minimum absolute atomic E-state index is 0.138. The van der Waals surface area contributed by atoms with Crippen LogP contribution in [-0.4, -0.2) is 55.1 Å². The molecule has 0 spiro atoms. The van der Waals surface area contributed by atoms with E-state index in [1.54, 1.807) is 18.2 Å². The van der Waals surface area contributed by atoms with Gasteiger partial charge in [-0.1, -0.05) is 37.4 Å². The molecular weight excluding hydrogens is 372 g/mol. The predicted octanol–water partition coefficient (Wildman–Crippen LogP) is 4.01. The number of hydrogen-bond acceptors (Lipinski definition) is 4. The van der Waals surface area contributed by atoms with Crippen molar-refractivity contribution in [1.29, 1.82) is 0 Å². The lowest BCUT2D eigenvalue weighted by molar-refractivity contribution is 0.0947. The molecule has 30 heavy (non-hydrogen) atoms. The molecule has 1 saturated heterocycles. The van der Waals surface area contributed by atoms with Gasteiger partial charge in [-0.25, -0.2) is 4.98 Å². The van der Waals surface area contributed by atoms with E-state index in [0.717, 1.165) is 51.1 Å². The van der Waals surface area contributed by atoms with E-state index in [9.17, 15) is 4.79 Å². The van der Waals surface area contributed by atoms with Crippen molar-refractivity contribution in [2.45, 2.75) is 19.8 Å². The van der Waals surface area contributed by atoms with E-state index >= 15 is 0 Å².